The Bertz CT molecular complexity index is 781. The third-order valence-electron chi connectivity index (χ3n) is 7.23. The molecule has 0 radical (unpaired) electrons. The molecule has 0 aromatic heterocycles. The van der Waals surface area contributed by atoms with Crippen molar-refractivity contribution in [1.82, 2.24) is 10.2 Å². The fourth-order valence-corrected chi connectivity index (χ4v) is 6.27. The van der Waals surface area contributed by atoms with Gasteiger partial charge in [-0.25, -0.2) is 0 Å². The van der Waals surface area contributed by atoms with Crippen LogP contribution < -0.4 is 5.32 Å². The van der Waals surface area contributed by atoms with E-state index in [1.165, 1.54) is 18.4 Å². The number of halogens is 1. The van der Waals surface area contributed by atoms with Crippen molar-refractivity contribution in [1.29, 1.82) is 0 Å². The largest absolute Gasteiger partial charge is 0.507 e. The number of carbonyl (C=O) groups is 1. The summed E-state index contributed by atoms with van der Waals surface area (Å²) < 4.78 is 0.841. The summed E-state index contributed by atoms with van der Waals surface area (Å²) in [6, 6.07) is 3.94. The summed E-state index contributed by atoms with van der Waals surface area (Å²) in [6.07, 6.45) is 5.06. The molecule has 2 bridgehead atoms. The Morgan fingerprint density at radius 3 is 2.88 bits per heavy atom. The van der Waals surface area contributed by atoms with E-state index in [2.05, 4.69) is 38.9 Å². The van der Waals surface area contributed by atoms with Crippen molar-refractivity contribution in [2.75, 3.05) is 19.6 Å². The van der Waals surface area contributed by atoms with E-state index < -0.39 is 11.0 Å². The number of nitrogens with one attached hydrogen (secondary N) is 1. The van der Waals surface area contributed by atoms with E-state index >= 15 is 0 Å². The monoisotopic (exact) mass is 468 g/mol. The van der Waals surface area contributed by atoms with Crippen LogP contribution in [-0.4, -0.2) is 52.3 Å². The molecule has 3 atom stereocenters. The molecule has 0 spiro atoms. The summed E-state index contributed by atoms with van der Waals surface area (Å²) in [7, 11) is 0. The molecule has 3 N–H and O–H groups in total. The third kappa shape index (κ3) is 2.37. The second-order valence-corrected chi connectivity index (χ2v) is 9.81. The second-order valence-electron chi connectivity index (χ2n) is 8.65. The van der Waals surface area contributed by atoms with Crippen LogP contribution in [0.2, 0.25) is 0 Å². The van der Waals surface area contributed by atoms with Crippen molar-refractivity contribution < 1.29 is 15.0 Å². The fraction of sp³-hybridized carbons (Fsp3) is 0.650. The van der Waals surface area contributed by atoms with Crippen molar-refractivity contribution in [3.8, 4) is 5.75 Å². The van der Waals surface area contributed by atoms with Crippen LogP contribution in [0.1, 0.15) is 43.2 Å². The minimum atomic E-state index is -0.925. The fourth-order valence-electron chi connectivity index (χ4n) is 5.74. The summed E-state index contributed by atoms with van der Waals surface area (Å²) in [6.45, 7) is 2.51. The number of carbonyl (C=O) groups excluding carboxylic acids is 1. The van der Waals surface area contributed by atoms with E-state index in [1.54, 1.807) is 0 Å². The summed E-state index contributed by atoms with van der Waals surface area (Å²) in [5, 5.41) is 25.4. The number of hydrogen-bond acceptors (Lipinski definition) is 4. The van der Waals surface area contributed by atoms with Gasteiger partial charge in [0, 0.05) is 31.0 Å². The van der Waals surface area contributed by atoms with Crippen LogP contribution in [0.15, 0.2) is 12.1 Å². The molecular formula is C20H25IN2O3. The average molecular weight is 468 g/mol. The highest BCUT2D eigenvalue weighted by Crippen LogP contribution is 2.56. The molecule has 1 aromatic carbocycles. The van der Waals surface area contributed by atoms with E-state index in [1.807, 2.05) is 6.07 Å². The van der Waals surface area contributed by atoms with Crippen molar-refractivity contribution in [2.24, 2.45) is 5.92 Å². The molecule has 1 amide bonds. The highest BCUT2D eigenvalue weighted by atomic mass is 127. The number of nitrogens with zero attached hydrogens (tertiary/aromatic N) is 1. The Kier molecular flexibility index (Phi) is 3.86. The van der Waals surface area contributed by atoms with Crippen molar-refractivity contribution >= 4 is 28.5 Å². The maximum Gasteiger partial charge on any atom is 0.221 e. The first-order valence-electron chi connectivity index (χ1n) is 9.68. The average Bonchev–Trinajstić information content (AvgIpc) is 3.40. The van der Waals surface area contributed by atoms with Crippen LogP contribution in [0, 0.1) is 9.49 Å². The number of aliphatic hydroxyl groups is 1. The van der Waals surface area contributed by atoms with E-state index in [0.717, 1.165) is 41.0 Å². The molecule has 2 saturated heterocycles. The van der Waals surface area contributed by atoms with Crippen LogP contribution >= 0.6 is 22.6 Å². The number of phenols is 1. The highest BCUT2D eigenvalue weighted by Gasteiger charge is 2.64. The molecule has 2 aliphatic heterocycles. The smallest absolute Gasteiger partial charge is 0.221 e. The number of amides is 1. The molecule has 5 nitrogen and oxygen atoms in total. The molecule has 140 valence electrons. The molecule has 2 heterocycles. The topological polar surface area (TPSA) is 72.8 Å². The van der Waals surface area contributed by atoms with Gasteiger partial charge in [-0.2, -0.15) is 0 Å². The van der Waals surface area contributed by atoms with Gasteiger partial charge in [0.25, 0.3) is 0 Å². The molecule has 5 rings (SSSR count). The molecule has 3 fully saturated rings. The quantitative estimate of drug-likeness (QED) is 0.581. The Morgan fingerprint density at radius 1 is 1.31 bits per heavy atom. The first-order chi connectivity index (χ1) is 12.4. The third-order valence-corrected chi connectivity index (χ3v) is 8.09. The van der Waals surface area contributed by atoms with Gasteiger partial charge < -0.3 is 15.5 Å². The first-order valence-corrected chi connectivity index (χ1v) is 10.8. The summed E-state index contributed by atoms with van der Waals surface area (Å²) in [5.41, 5.74) is 0.675. The lowest BCUT2D eigenvalue weighted by Gasteiger charge is -2.61. The number of rotatable bonds is 2. The standard InChI is InChI=1S/C20H25IN2O3/c21-15-7-13-8-17-20(26)3-5-22-18(25)10-19(20,14(13)9-16(15)24)4-6-23(17)11-12-1-2-12/h7,9,12,17,24,26H,1-6,8,10-11H2,(H,22,25)/t17-,19-,20-/m1/s1. The Labute approximate surface area is 167 Å². The van der Waals surface area contributed by atoms with Gasteiger partial charge in [0.1, 0.15) is 5.75 Å². The molecule has 1 aromatic rings. The van der Waals surface area contributed by atoms with Gasteiger partial charge in [-0.3, -0.25) is 9.69 Å². The minimum absolute atomic E-state index is 0.0150. The summed E-state index contributed by atoms with van der Waals surface area (Å²) >= 11 is 2.17. The zero-order valence-electron chi connectivity index (χ0n) is 14.8. The number of phenolic OH excluding ortho intramolecular Hbond substituents is 1. The van der Waals surface area contributed by atoms with E-state index in [0.29, 0.717) is 19.4 Å². The Hall–Kier alpha value is -0.860. The number of hydrogen-bond donors (Lipinski definition) is 3. The Morgan fingerprint density at radius 2 is 2.12 bits per heavy atom. The summed E-state index contributed by atoms with van der Waals surface area (Å²) in [4.78, 5) is 15.0. The van der Waals surface area contributed by atoms with E-state index in [4.69, 9.17) is 0 Å². The molecule has 4 aliphatic rings. The van der Waals surface area contributed by atoms with Crippen LogP contribution in [0.25, 0.3) is 0 Å². The lowest BCUT2D eigenvalue weighted by atomic mass is 9.52. The van der Waals surface area contributed by atoms with Crippen molar-refractivity contribution in [2.45, 2.75) is 55.6 Å². The zero-order chi connectivity index (χ0) is 18.1. The highest BCUT2D eigenvalue weighted by molar-refractivity contribution is 14.1. The van der Waals surface area contributed by atoms with Crippen LogP contribution in [-0.2, 0) is 16.6 Å². The number of piperidine rings is 1. The molecule has 0 unspecified atom stereocenters. The minimum Gasteiger partial charge on any atom is -0.507 e. The predicted molar refractivity (Wildman–Crippen MR) is 106 cm³/mol. The molecule has 2 aliphatic carbocycles. The van der Waals surface area contributed by atoms with Gasteiger partial charge in [0.05, 0.1) is 9.17 Å². The van der Waals surface area contributed by atoms with Gasteiger partial charge in [0.2, 0.25) is 5.91 Å². The second kappa shape index (κ2) is 5.82. The maximum absolute atomic E-state index is 12.5. The number of fused-ring (bicyclic) bond motifs is 1. The molecular weight excluding hydrogens is 443 g/mol. The number of aromatic hydroxyl groups is 1. The van der Waals surface area contributed by atoms with E-state index in [-0.39, 0.29) is 17.7 Å². The van der Waals surface area contributed by atoms with Crippen LogP contribution in [0.5, 0.6) is 5.75 Å². The zero-order valence-corrected chi connectivity index (χ0v) is 17.0. The van der Waals surface area contributed by atoms with Gasteiger partial charge >= 0.3 is 0 Å². The van der Waals surface area contributed by atoms with Crippen LogP contribution in [0.3, 0.4) is 0 Å². The van der Waals surface area contributed by atoms with Crippen LogP contribution in [0.4, 0.5) is 0 Å². The van der Waals surface area contributed by atoms with E-state index in [9.17, 15) is 15.0 Å². The van der Waals surface area contributed by atoms with Gasteiger partial charge in [-0.15, -0.1) is 0 Å². The normalized spacial score (nSPS) is 36.7. The number of benzene rings is 1. The molecule has 6 heteroatoms. The van der Waals surface area contributed by atoms with Gasteiger partial charge in [0.15, 0.2) is 0 Å². The maximum atomic E-state index is 12.5. The van der Waals surface area contributed by atoms with Crippen molar-refractivity contribution in [3.63, 3.8) is 0 Å². The molecule has 1 saturated carbocycles. The van der Waals surface area contributed by atoms with Gasteiger partial charge in [-0.05, 0) is 90.4 Å². The first kappa shape index (κ1) is 17.3. The lowest BCUT2D eigenvalue weighted by Crippen LogP contribution is -2.71. The Balaban J connectivity index is 1.68. The lowest BCUT2D eigenvalue weighted by molar-refractivity contribution is -0.153. The summed E-state index contributed by atoms with van der Waals surface area (Å²) in [5.74, 6) is 1.05. The van der Waals surface area contributed by atoms with Gasteiger partial charge in [-0.1, -0.05) is 0 Å². The SMILES string of the molecule is O=C1C[C@]23CCN(CC4CC4)[C@H](Cc4cc(I)c(O)cc42)[C@]3(O)CCN1. The van der Waals surface area contributed by atoms with Crippen molar-refractivity contribution in [3.05, 3.63) is 26.8 Å². The molecule has 26 heavy (non-hydrogen) atoms. The predicted octanol–water partition coefficient (Wildman–Crippen LogP) is 1.92. The number of likely N-dealkylation sites (tertiary alicyclic amines) is 1.